The molecule has 0 aromatic heterocycles. The van der Waals surface area contributed by atoms with E-state index in [2.05, 4.69) is 5.32 Å². The monoisotopic (exact) mass is 413 g/mol. The lowest BCUT2D eigenvalue weighted by Crippen LogP contribution is -2.35. The molecule has 2 aliphatic rings. The predicted octanol–water partition coefficient (Wildman–Crippen LogP) is 1.96. The quantitative estimate of drug-likeness (QED) is 0.417. The van der Waals surface area contributed by atoms with E-state index in [1.807, 2.05) is 43.3 Å². The van der Waals surface area contributed by atoms with Crippen molar-refractivity contribution in [3.8, 4) is 0 Å². The Labute approximate surface area is 175 Å². The van der Waals surface area contributed by atoms with Gasteiger partial charge in [-0.2, -0.15) is 0 Å². The zero-order chi connectivity index (χ0) is 21.8. The third kappa shape index (κ3) is 4.69. The van der Waals surface area contributed by atoms with Gasteiger partial charge in [-0.25, -0.2) is 0 Å². The predicted molar refractivity (Wildman–Crippen MR) is 112 cm³/mol. The van der Waals surface area contributed by atoms with Crippen LogP contribution in [0.5, 0.6) is 0 Å². The average Bonchev–Trinajstić information content (AvgIpc) is 2.97. The largest absolute Gasteiger partial charge is 0.452 e. The Kier molecular flexibility index (Phi) is 6.54. The molecule has 30 heavy (non-hydrogen) atoms. The molecule has 0 spiro atoms. The zero-order valence-electron chi connectivity index (χ0n) is 17.5. The van der Waals surface area contributed by atoms with Crippen molar-refractivity contribution >= 4 is 35.1 Å². The summed E-state index contributed by atoms with van der Waals surface area (Å²) in [7, 11) is 3.84. The molecular weight excluding hydrogens is 386 g/mol. The molecule has 1 aromatic rings. The lowest BCUT2D eigenvalue weighted by molar-refractivity contribution is -0.154. The lowest BCUT2D eigenvalue weighted by Gasteiger charge is -2.17. The number of benzene rings is 1. The van der Waals surface area contributed by atoms with E-state index in [9.17, 15) is 19.2 Å². The number of esters is 1. The van der Waals surface area contributed by atoms with E-state index in [-0.39, 0.29) is 36.6 Å². The van der Waals surface area contributed by atoms with Crippen LogP contribution in [0.1, 0.15) is 26.2 Å². The Hall–Kier alpha value is -3.16. The minimum atomic E-state index is -0.997. The van der Waals surface area contributed by atoms with Crippen LogP contribution in [0.15, 0.2) is 36.4 Å². The third-order valence-corrected chi connectivity index (χ3v) is 5.47. The van der Waals surface area contributed by atoms with Gasteiger partial charge in [-0.1, -0.05) is 12.2 Å². The van der Waals surface area contributed by atoms with Gasteiger partial charge in [0, 0.05) is 32.0 Å². The van der Waals surface area contributed by atoms with Gasteiger partial charge in [0.15, 0.2) is 6.10 Å². The van der Waals surface area contributed by atoms with E-state index >= 15 is 0 Å². The number of ether oxygens (including phenoxy) is 1. The molecule has 3 rings (SSSR count). The van der Waals surface area contributed by atoms with Crippen molar-refractivity contribution in [2.24, 2.45) is 11.8 Å². The smallest absolute Gasteiger partial charge is 0.308 e. The van der Waals surface area contributed by atoms with Crippen LogP contribution in [-0.2, 0) is 23.9 Å². The van der Waals surface area contributed by atoms with E-state index in [4.69, 9.17) is 4.74 Å². The summed E-state index contributed by atoms with van der Waals surface area (Å²) in [6.07, 6.45) is 3.81. The van der Waals surface area contributed by atoms with Crippen LogP contribution < -0.4 is 10.2 Å². The van der Waals surface area contributed by atoms with Gasteiger partial charge in [-0.05, 0) is 44.0 Å². The molecule has 1 saturated heterocycles. The second kappa shape index (κ2) is 9.11. The van der Waals surface area contributed by atoms with Gasteiger partial charge in [0.05, 0.1) is 18.3 Å². The number of anilines is 2. The molecule has 8 heteroatoms. The summed E-state index contributed by atoms with van der Waals surface area (Å²) in [5, 5.41) is 2.70. The fourth-order valence-corrected chi connectivity index (χ4v) is 3.69. The number of fused-ring (bicyclic) bond motifs is 1. The summed E-state index contributed by atoms with van der Waals surface area (Å²) in [5.41, 5.74) is 1.59. The topological polar surface area (TPSA) is 96.0 Å². The molecule has 0 bridgehead atoms. The molecule has 8 nitrogen and oxygen atoms in total. The molecule has 3 unspecified atom stereocenters. The zero-order valence-corrected chi connectivity index (χ0v) is 17.5. The second-order valence-corrected chi connectivity index (χ2v) is 7.80. The first-order valence-corrected chi connectivity index (χ1v) is 10.1. The highest BCUT2D eigenvalue weighted by Gasteiger charge is 2.47. The normalized spacial score (nSPS) is 21.2. The van der Waals surface area contributed by atoms with Gasteiger partial charge in [-0.15, -0.1) is 0 Å². The molecule has 0 saturated carbocycles. The first-order valence-electron chi connectivity index (χ1n) is 10.1. The van der Waals surface area contributed by atoms with Crippen LogP contribution in [0.25, 0.3) is 0 Å². The molecular formula is C22H27N3O5. The van der Waals surface area contributed by atoms with Gasteiger partial charge in [0.1, 0.15) is 0 Å². The third-order valence-electron chi connectivity index (χ3n) is 5.47. The lowest BCUT2D eigenvalue weighted by atomic mass is 9.85. The molecule has 0 radical (unpaired) electrons. The van der Waals surface area contributed by atoms with Crippen molar-refractivity contribution in [1.82, 2.24) is 4.90 Å². The van der Waals surface area contributed by atoms with Crippen LogP contribution in [0.3, 0.4) is 0 Å². The number of carbonyl (C=O) groups excluding carboxylic acids is 4. The first-order chi connectivity index (χ1) is 14.3. The highest BCUT2D eigenvalue weighted by Crippen LogP contribution is 2.35. The van der Waals surface area contributed by atoms with Crippen molar-refractivity contribution in [1.29, 1.82) is 0 Å². The summed E-state index contributed by atoms with van der Waals surface area (Å²) < 4.78 is 5.17. The Morgan fingerprint density at radius 1 is 1.10 bits per heavy atom. The maximum absolute atomic E-state index is 12.4. The van der Waals surface area contributed by atoms with Gasteiger partial charge < -0.3 is 15.0 Å². The summed E-state index contributed by atoms with van der Waals surface area (Å²) in [6.45, 7) is 1.46. The Morgan fingerprint density at radius 2 is 1.67 bits per heavy atom. The number of likely N-dealkylation sites (tertiary alicyclic amines) is 1. The van der Waals surface area contributed by atoms with Crippen molar-refractivity contribution in [3.63, 3.8) is 0 Å². The number of nitrogens with one attached hydrogen (secondary N) is 1. The summed E-state index contributed by atoms with van der Waals surface area (Å²) in [6, 6.07) is 7.26. The van der Waals surface area contributed by atoms with Crippen LogP contribution >= 0.6 is 0 Å². The van der Waals surface area contributed by atoms with Crippen molar-refractivity contribution in [2.75, 3.05) is 30.9 Å². The van der Waals surface area contributed by atoms with Gasteiger partial charge in [0.2, 0.25) is 11.8 Å². The average molecular weight is 413 g/mol. The van der Waals surface area contributed by atoms with E-state index in [1.54, 1.807) is 12.1 Å². The molecule has 1 N–H and O–H groups in total. The number of amides is 3. The fraction of sp³-hybridized carbons (Fsp3) is 0.455. The van der Waals surface area contributed by atoms with Gasteiger partial charge in [-0.3, -0.25) is 24.1 Å². The maximum Gasteiger partial charge on any atom is 0.308 e. The number of hydrogen-bond acceptors (Lipinski definition) is 6. The number of imide groups is 1. The number of rotatable bonds is 7. The number of hydrogen-bond donors (Lipinski definition) is 1. The van der Waals surface area contributed by atoms with Gasteiger partial charge >= 0.3 is 5.97 Å². The molecule has 1 heterocycles. The van der Waals surface area contributed by atoms with E-state index < -0.39 is 18.0 Å². The summed E-state index contributed by atoms with van der Waals surface area (Å²) in [5.74, 6) is -2.17. The maximum atomic E-state index is 12.4. The molecule has 1 aromatic carbocycles. The Morgan fingerprint density at radius 3 is 2.20 bits per heavy atom. The standard InChI is InChI=1S/C22H27N3O5/c1-14(20(27)23-15-8-10-16(11-9-15)24(2)3)30-19(26)12-13-25-21(28)17-6-4-5-7-18(17)22(25)29/h4-5,8-11,14,17-18H,6-7,12-13H2,1-3H3,(H,23,27). The number of nitrogens with zero attached hydrogens (tertiary/aromatic N) is 2. The van der Waals surface area contributed by atoms with E-state index in [1.165, 1.54) is 6.92 Å². The van der Waals surface area contributed by atoms with Gasteiger partial charge in [0.25, 0.3) is 5.91 Å². The molecule has 1 fully saturated rings. The van der Waals surface area contributed by atoms with Crippen molar-refractivity contribution in [3.05, 3.63) is 36.4 Å². The highest BCUT2D eigenvalue weighted by atomic mass is 16.5. The minimum absolute atomic E-state index is 0.0240. The van der Waals surface area contributed by atoms with Crippen LogP contribution in [-0.4, -0.2) is 55.3 Å². The highest BCUT2D eigenvalue weighted by molar-refractivity contribution is 6.05. The van der Waals surface area contributed by atoms with E-state index in [0.29, 0.717) is 18.5 Å². The van der Waals surface area contributed by atoms with Crippen LogP contribution in [0.2, 0.25) is 0 Å². The number of allylic oxidation sites excluding steroid dienone is 2. The number of carbonyl (C=O) groups is 4. The summed E-state index contributed by atoms with van der Waals surface area (Å²) in [4.78, 5) is 52.3. The molecule has 160 valence electrons. The minimum Gasteiger partial charge on any atom is -0.452 e. The molecule has 1 aliphatic heterocycles. The Bertz CT molecular complexity index is 836. The van der Waals surface area contributed by atoms with E-state index in [0.717, 1.165) is 10.6 Å². The van der Waals surface area contributed by atoms with Crippen molar-refractivity contribution < 1.29 is 23.9 Å². The Balaban J connectivity index is 1.46. The van der Waals surface area contributed by atoms with Crippen LogP contribution in [0, 0.1) is 11.8 Å². The summed E-state index contributed by atoms with van der Waals surface area (Å²) >= 11 is 0. The molecule has 3 atom stereocenters. The van der Waals surface area contributed by atoms with Crippen molar-refractivity contribution in [2.45, 2.75) is 32.3 Å². The molecule has 3 amide bonds. The SMILES string of the molecule is CC(OC(=O)CCN1C(=O)C2CC=CCC2C1=O)C(=O)Nc1ccc(N(C)C)cc1. The second-order valence-electron chi connectivity index (χ2n) is 7.80. The first kappa shape index (κ1) is 21.5. The fourth-order valence-electron chi connectivity index (χ4n) is 3.69. The van der Waals surface area contributed by atoms with Crippen LogP contribution in [0.4, 0.5) is 11.4 Å². The molecule has 1 aliphatic carbocycles.